The zero-order chi connectivity index (χ0) is 18.8. The Kier molecular flexibility index (Phi) is 5.15. The molecule has 0 atom stereocenters. The van der Waals surface area contributed by atoms with Crippen LogP contribution in [0.4, 0.5) is 10.1 Å². The molecule has 0 saturated heterocycles. The summed E-state index contributed by atoms with van der Waals surface area (Å²) in [4.78, 5) is 24.1. The molecule has 0 aliphatic rings. The molecule has 0 saturated carbocycles. The summed E-state index contributed by atoms with van der Waals surface area (Å²) in [7, 11) is 0. The van der Waals surface area contributed by atoms with Gasteiger partial charge < -0.3 is 14.5 Å². The van der Waals surface area contributed by atoms with Gasteiger partial charge in [-0.05, 0) is 43.3 Å². The zero-order valence-electron chi connectivity index (χ0n) is 13.4. The average molecular weight is 396 g/mol. The van der Waals surface area contributed by atoms with Gasteiger partial charge in [0.25, 0.3) is 5.91 Å². The lowest BCUT2D eigenvalue weighted by molar-refractivity contribution is -0.119. The van der Waals surface area contributed by atoms with E-state index < -0.39 is 24.3 Å². The molecule has 8 heteroatoms. The summed E-state index contributed by atoms with van der Waals surface area (Å²) in [5, 5.41) is 3.65. The van der Waals surface area contributed by atoms with Gasteiger partial charge >= 0.3 is 5.97 Å². The SMILES string of the molecule is Cc1c(C(=O)OCC(=O)Nc2cc(Cl)ccc2Cl)oc2ccc(F)cc12. The van der Waals surface area contributed by atoms with Gasteiger partial charge in [0.15, 0.2) is 6.61 Å². The fraction of sp³-hybridized carbons (Fsp3) is 0.111. The molecular formula is C18H12Cl2FNO4. The number of hydrogen-bond donors (Lipinski definition) is 1. The minimum atomic E-state index is -0.827. The number of fused-ring (bicyclic) bond motifs is 1. The highest BCUT2D eigenvalue weighted by molar-refractivity contribution is 6.35. The molecule has 3 rings (SSSR count). The molecular weight excluding hydrogens is 384 g/mol. The summed E-state index contributed by atoms with van der Waals surface area (Å²) in [6, 6.07) is 8.49. The maximum absolute atomic E-state index is 13.3. The van der Waals surface area contributed by atoms with E-state index in [1.165, 1.54) is 30.3 Å². The van der Waals surface area contributed by atoms with E-state index in [-0.39, 0.29) is 5.76 Å². The van der Waals surface area contributed by atoms with Crippen molar-refractivity contribution in [1.82, 2.24) is 0 Å². The van der Waals surface area contributed by atoms with E-state index in [0.717, 1.165) is 0 Å². The van der Waals surface area contributed by atoms with Crippen molar-refractivity contribution in [2.45, 2.75) is 6.92 Å². The van der Waals surface area contributed by atoms with Crippen LogP contribution in [0.3, 0.4) is 0 Å². The van der Waals surface area contributed by atoms with Crippen molar-refractivity contribution in [1.29, 1.82) is 0 Å². The first-order valence-corrected chi connectivity index (χ1v) is 8.21. The third-order valence-corrected chi connectivity index (χ3v) is 4.19. The summed E-state index contributed by atoms with van der Waals surface area (Å²) < 4.78 is 23.7. The number of aryl methyl sites for hydroxylation is 1. The second-order valence-electron chi connectivity index (χ2n) is 5.45. The quantitative estimate of drug-likeness (QED) is 0.632. The van der Waals surface area contributed by atoms with Crippen LogP contribution in [0.1, 0.15) is 16.1 Å². The largest absolute Gasteiger partial charge is 0.450 e. The molecule has 3 aromatic rings. The Morgan fingerprint density at radius 3 is 2.73 bits per heavy atom. The molecule has 1 heterocycles. The standard InChI is InChI=1S/C18H12Cl2FNO4/c1-9-12-7-11(21)3-5-15(12)26-17(9)18(24)25-8-16(23)22-14-6-10(19)2-4-13(14)20/h2-7H,8H2,1H3,(H,22,23). The summed E-state index contributed by atoms with van der Waals surface area (Å²) in [6.07, 6.45) is 0. The lowest BCUT2D eigenvalue weighted by Gasteiger charge is -2.08. The molecule has 1 aromatic heterocycles. The fourth-order valence-electron chi connectivity index (χ4n) is 2.36. The number of halogens is 3. The summed E-state index contributed by atoms with van der Waals surface area (Å²) in [6.45, 7) is 1.06. The number of esters is 1. The number of amides is 1. The van der Waals surface area contributed by atoms with Crippen LogP contribution < -0.4 is 5.32 Å². The monoisotopic (exact) mass is 395 g/mol. The highest BCUT2D eigenvalue weighted by Crippen LogP contribution is 2.27. The molecule has 26 heavy (non-hydrogen) atoms. The molecule has 1 N–H and O–H groups in total. The second-order valence-corrected chi connectivity index (χ2v) is 6.29. The Balaban J connectivity index is 1.68. The van der Waals surface area contributed by atoms with E-state index in [4.69, 9.17) is 32.4 Å². The molecule has 0 aliphatic heterocycles. The molecule has 5 nitrogen and oxygen atoms in total. The van der Waals surface area contributed by atoms with E-state index in [9.17, 15) is 14.0 Å². The maximum Gasteiger partial charge on any atom is 0.375 e. The molecule has 134 valence electrons. The first kappa shape index (κ1) is 18.2. The Morgan fingerprint density at radius 2 is 1.96 bits per heavy atom. The van der Waals surface area contributed by atoms with E-state index in [0.29, 0.717) is 32.3 Å². The third kappa shape index (κ3) is 3.81. The van der Waals surface area contributed by atoms with Crippen LogP contribution in [0.25, 0.3) is 11.0 Å². The minimum Gasteiger partial charge on any atom is -0.450 e. The summed E-state index contributed by atoms with van der Waals surface area (Å²) >= 11 is 11.8. The van der Waals surface area contributed by atoms with Crippen molar-refractivity contribution in [3.8, 4) is 0 Å². The van der Waals surface area contributed by atoms with E-state index in [2.05, 4.69) is 5.32 Å². The van der Waals surface area contributed by atoms with Crippen molar-refractivity contribution in [2.75, 3.05) is 11.9 Å². The molecule has 0 bridgehead atoms. The van der Waals surface area contributed by atoms with Gasteiger partial charge in [-0.2, -0.15) is 0 Å². The Hall–Kier alpha value is -2.57. The maximum atomic E-state index is 13.3. The molecule has 0 fully saturated rings. The molecule has 0 unspecified atom stereocenters. The van der Waals surface area contributed by atoms with Crippen molar-refractivity contribution in [3.63, 3.8) is 0 Å². The van der Waals surface area contributed by atoms with Crippen LogP contribution in [0, 0.1) is 12.7 Å². The van der Waals surface area contributed by atoms with Gasteiger partial charge in [0.05, 0.1) is 10.7 Å². The van der Waals surface area contributed by atoms with E-state index in [1.54, 1.807) is 13.0 Å². The van der Waals surface area contributed by atoms with Crippen LogP contribution in [0.2, 0.25) is 10.0 Å². The summed E-state index contributed by atoms with van der Waals surface area (Å²) in [5.41, 5.74) is 1.09. The van der Waals surface area contributed by atoms with Crippen molar-refractivity contribution >= 4 is 51.7 Å². The number of nitrogens with one attached hydrogen (secondary N) is 1. The number of anilines is 1. The Labute approximate surface area is 157 Å². The number of hydrogen-bond acceptors (Lipinski definition) is 4. The second kappa shape index (κ2) is 7.35. The number of benzene rings is 2. The topological polar surface area (TPSA) is 68.5 Å². The molecule has 0 radical (unpaired) electrons. The van der Waals surface area contributed by atoms with Gasteiger partial charge in [-0.25, -0.2) is 9.18 Å². The molecule has 1 amide bonds. The van der Waals surface area contributed by atoms with Crippen molar-refractivity contribution in [2.24, 2.45) is 0 Å². The number of carbonyl (C=O) groups excluding carboxylic acids is 2. The van der Waals surface area contributed by atoms with E-state index >= 15 is 0 Å². The average Bonchev–Trinajstić information content (AvgIpc) is 2.92. The number of ether oxygens (including phenoxy) is 1. The van der Waals surface area contributed by atoms with Gasteiger partial charge in [-0.15, -0.1) is 0 Å². The highest BCUT2D eigenvalue weighted by atomic mass is 35.5. The van der Waals surface area contributed by atoms with Crippen LogP contribution in [-0.4, -0.2) is 18.5 Å². The first-order chi connectivity index (χ1) is 12.3. The molecule has 0 spiro atoms. The minimum absolute atomic E-state index is 0.0841. The Bertz CT molecular complexity index is 1020. The lowest BCUT2D eigenvalue weighted by Crippen LogP contribution is -2.21. The first-order valence-electron chi connectivity index (χ1n) is 7.46. The zero-order valence-corrected chi connectivity index (χ0v) is 14.9. The summed E-state index contributed by atoms with van der Waals surface area (Å²) in [5.74, 6) is -1.95. The van der Waals surface area contributed by atoms with Gasteiger partial charge in [-0.3, -0.25) is 4.79 Å². The van der Waals surface area contributed by atoms with Gasteiger partial charge in [0.1, 0.15) is 11.4 Å². The smallest absolute Gasteiger partial charge is 0.375 e. The van der Waals surface area contributed by atoms with Crippen LogP contribution in [-0.2, 0) is 9.53 Å². The fourth-order valence-corrected chi connectivity index (χ4v) is 2.70. The van der Waals surface area contributed by atoms with Gasteiger partial charge in [0.2, 0.25) is 5.76 Å². The van der Waals surface area contributed by atoms with Crippen LogP contribution in [0.5, 0.6) is 0 Å². The third-order valence-electron chi connectivity index (χ3n) is 3.62. The molecule has 0 aliphatic carbocycles. The van der Waals surface area contributed by atoms with Crippen LogP contribution >= 0.6 is 23.2 Å². The lowest BCUT2D eigenvalue weighted by atomic mass is 10.1. The number of rotatable bonds is 4. The van der Waals surface area contributed by atoms with Gasteiger partial charge in [-0.1, -0.05) is 23.2 Å². The number of furan rings is 1. The van der Waals surface area contributed by atoms with Crippen molar-refractivity contribution in [3.05, 3.63) is 63.6 Å². The predicted octanol–water partition coefficient (Wildman–Crippen LogP) is 4.98. The number of carbonyl (C=O) groups is 2. The molecule has 2 aromatic carbocycles. The predicted molar refractivity (Wildman–Crippen MR) is 96.3 cm³/mol. The Morgan fingerprint density at radius 1 is 1.19 bits per heavy atom. The van der Waals surface area contributed by atoms with Gasteiger partial charge in [0, 0.05) is 16.0 Å². The normalized spacial score (nSPS) is 10.8. The van der Waals surface area contributed by atoms with E-state index in [1.807, 2.05) is 0 Å². The van der Waals surface area contributed by atoms with Crippen LogP contribution in [0.15, 0.2) is 40.8 Å². The van der Waals surface area contributed by atoms with Crippen molar-refractivity contribution < 1.29 is 23.1 Å². The highest BCUT2D eigenvalue weighted by Gasteiger charge is 2.20.